The molecule has 1 spiro atoms. The summed E-state index contributed by atoms with van der Waals surface area (Å²) in [7, 11) is 0. The van der Waals surface area contributed by atoms with Gasteiger partial charge in [0, 0.05) is 31.6 Å². The predicted octanol–water partition coefficient (Wildman–Crippen LogP) is 3.91. The van der Waals surface area contributed by atoms with Gasteiger partial charge in [0.25, 0.3) is 0 Å². The lowest BCUT2D eigenvalue weighted by molar-refractivity contribution is 0.0234. The number of carbonyl (C=O) groups is 1. The van der Waals surface area contributed by atoms with Gasteiger partial charge in [-0.2, -0.15) is 0 Å². The van der Waals surface area contributed by atoms with Crippen molar-refractivity contribution in [1.82, 2.24) is 9.80 Å². The Bertz CT molecular complexity index is 567. The Labute approximate surface area is 145 Å². The van der Waals surface area contributed by atoms with Crippen LogP contribution in [0.5, 0.6) is 0 Å². The van der Waals surface area contributed by atoms with Gasteiger partial charge >= 0.3 is 6.09 Å². The highest BCUT2D eigenvalue weighted by Gasteiger charge is 2.43. The topological polar surface area (TPSA) is 32.8 Å². The molecule has 1 atom stereocenters. The molecule has 4 heteroatoms. The third-order valence-corrected chi connectivity index (χ3v) is 5.08. The van der Waals surface area contributed by atoms with Crippen LogP contribution in [0.25, 0.3) is 0 Å². The molecule has 2 aliphatic heterocycles. The van der Waals surface area contributed by atoms with Crippen LogP contribution in [0.3, 0.4) is 0 Å². The molecule has 4 nitrogen and oxygen atoms in total. The van der Waals surface area contributed by atoms with E-state index in [1.54, 1.807) is 0 Å². The SMILES string of the molecule is CC(C)(C)OC(=O)N1CC[C@]2(CCCN(Cc3ccccc3)C2)C1. The second kappa shape index (κ2) is 6.75. The molecule has 2 saturated heterocycles. The molecule has 2 heterocycles. The maximum atomic E-state index is 12.3. The molecule has 2 fully saturated rings. The number of nitrogens with zero attached hydrogens (tertiary/aromatic N) is 2. The molecule has 1 aromatic carbocycles. The molecule has 132 valence electrons. The second-order valence-electron chi connectivity index (χ2n) is 8.45. The monoisotopic (exact) mass is 330 g/mol. The lowest BCUT2D eigenvalue weighted by atomic mass is 9.79. The van der Waals surface area contributed by atoms with Gasteiger partial charge in [-0.1, -0.05) is 30.3 Å². The van der Waals surface area contributed by atoms with Crippen LogP contribution in [0.15, 0.2) is 30.3 Å². The number of benzene rings is 1. The molecule has 0 bridgehead atoms. The summed E-state index contributed by atoms with van der Waals surface area (Å²) < 4.78 is 5.55. The first-order valence-corrected chi connectivity index (χ1v) is 9.10. The summed E-state index contributed by atoms with van der Waals surface area (Å²) in [5.41, 5.74) is 1.21. The maximum absolute atomic E-state index is 12.3. The summed E-state index contributed by atoms with van der Waals surface area (Å²) in [5.74, 6) is 0. The number of carbonyl (C=O) groups excluding carboxylic acids is 1. The normalized spacial score (nSPS) is 25.2. The van der Waals surface area contributed by atoms with Crippen molar-refractivity contribution in [2.75, 3.05) is 26.2 Å². The third-order valence-electron chi connectivity index (χ3n) is 5.08. The molecule has 0 unspecified atom stereocenters. The van der Waals surface area contributed by atoms with Crippen LogP contribution in [0.2, 0.25) is 0 Å². The Kier molecular flexibility index (Phi) is 4.86. The third kappa shape index (κ3) is 4.29. The highest BCUT2D eigenvalue weighted by atomic mass is 16.6. The van der Waals surface area contributed by atoms with Crippen LogP contribution in [-0.4, -0.2) is 47.7 Å². The van der Waals surface area contributed by atoms with Crippen LogP contribution >= 0.6 is 0 Å². The smallest absolute Gasteiger partial charge is 0.410 e. The van der Waals surface area contributed by atoms with E-state index >= 15 is 0 Å². The lowest BCUT2D eigenvalue weighted by Crippen LogP contribution is -2.45. The molecule has 1 aromatic rings. The van der Waals surface area contributed by atoms with Gasteiger partial charge in [0.05, 0.1) is 0 Å². The van der Waals surface area contributed by atoms with Crippen LogP contribution in [0.1, 0.15) is 45.6 Å². The molecule has 1 amide bonds. The zero-order valence-electron chi connectivity index (χ0n) is 15.3. The van der Waals surface area contributed by atoms with Crippen molar-refractivity contribution < 1.29 is 9.53 Å². The fourth-order valence-corrected chi connectivity index (χ4v) is 4.04. The largest absolute Gasteiger partial charge is 0.444 e. The first-order valence-electron chi connectivity index (χ1n) is 9.10. The quantitative estimate of drug-likeness (QED) is 0.824. The zero-order valence-corrected chi connectivity index (χ0v) is 15.3. The number of amides is 1. The van der Waals surface area contributed by atoms with Crippen molar-refractivity contribution in [1.29, 1.82) is 0 Å². The Morgan fingerprint density at radius 3 is 2.58 bits per heavy atom. The van der Waals surface area contributed by atoms with Crippen molar-refractivity contribution >= 4 is 6.09 Å². The highest BCUT2D eigenvalue weighted by Crippen LogP contribution is 2.39. The van der Waals surface area contributed by atoms with Gasteiger partial charge in [-0.25, -0.2) is 4.79 Å². The molecule has 2 aliphatic rings. The summed E-state index contributed by atoms with van der Waals surface area (Å²) >= 11 is 0. The van der Waals surface area contributed by atoms with E-state index in [0.29, 0.717) is 0 Å². The lowest BCUT2D eigenvalue weighted by Gasteiger charge is -2.40. The predicted molar refractivity (Wildman–Crippen MR) is 95.8 cm³/mol. The maximum Gasteiger partial charge on any atom is 0.410 e. The fourth-order valence-electron chi connectivity index (χ4n) is 4.04. The van der Waals surface area contributed by atoms with E-state index in [4.69, 9.17) is 4.74 Å². The average molecular weight is 330 g/mol. The number of piperidine rings is 1. The standard InChI is InChI=1S/C20H30N2O2/c1-19(2,3)24-18(23)22-13-11-20(16-22)10-7-12-21(15-20)14-17-8-5-4-6-9-17/h4-6,8-9H,7,10-16H2,1-3H3/t20-/m0/s1. The van der Waals surface area contributed by atoms with E-state index in [0.717, 1.165) is 39.1 Å². The van der Waals surface area contributed by atoms with E-state index in [1.807, 2.05) is 25.7 Å². The van der Waals surface area contributed by atoms with Crippen LogP contribution in [0.4, 0.5) is 4.79 Å². The summed E-state index contributed by atoms with van der Waals surface area (Å²) in [4.78, 5) is 16.8. The molecule has 24 heavy (non-hydrogen) atoms. The summed E-state index contributed by atoms with van der Waals surface area (Å²) in [6.07, 6.45) is 3.38. The van der Waals surface area contributed by atoms with Gasteiger partial charge in [0.15, 0.2) is 0 Å². The molecule has 0 aliphatic carbocycles. The number of rotatable bonds is 2. The minimum atomic E-state index is -0.418. The van der Waals surface area contributed by atoms with Crippen LogP contribution < -0.4 is 0 Å². The number of hydrogen-bond donors (Lipinski definition) is 0. The molecule has 3 rings (SSSR count). The number of ether oxygens (including phenoxy) is 1. The van der Waals surface area contributed by atoms with Gasteiger partial charge in [-0.3, -0.25) is 4.90 Å². The highest BCUT2D eigenvalue weighted by molar-refractivity contribution is 5.68. The van der Waals surface area contributed by atoms with Crippen molar-refractivity contribution in [3.05, 3.63) is 35.9 Å². The Morgan fingerprint density at radius 2 is 1.88 bits per heavy atom. The summed E-state index contributed by atoms with van der Waals surface area (Å²) in [6.45, 7) is 10.7. The van der Waals surface area contributed by atoms with Gasteiger partial charge in [0.1, 0.15) is 5.60 Å². The van der Waals surface area contributed by atoms with E-state index in [2.05, 4.69) is 35.2 Å². The van der Waals surface area contributed by atoms with Gasteiger partial charge in [0.2, 0.25) is 0 Å². The van der Waals surface area contributed by atoms with Gasteiger partial charge < -0.3 is 9.64 Å². The minimum Gasteiger partial charge on any atom is -0.444 e. The van der Waals surface area contributed by atoms with Crippen molar-refractivity contribution in [2.24, 2.45) is 5.41 Å². The Balaban J connectivity index is 1.59. The van der Waals surface area contributed by atoms with E-state index < -0.39 is 5.60 Å². The van der Waals surface area contributed by atoms with Crippen molar-refractivity contribution in [2.45, 2.75) is 52.2 Å². The number of likely N-dealkylation sites (tertiary alicyclic amines) is 2. The second-order valence-corrected chi connectivity index (χ2v) is 8.45. The summed E-state index contributed by atoms with van der Waals surface area (Å²) in [5, 5.41) is 0. The van der Waals surface area contributed by atoms with Crippen molar-refractivity contribution in [3.8, 4) is 0 Å². The molecular weight excluding hydrogens is 300 g/mol. The zero-order chi connectivity index (χ0) is 17.2. The molecule has 0 saturated carbocycles. The Morgan fingerprint density at radius 1 is 1.12 bits per heavy atom. The minimum absolute atomic E-state index is 0.153. The van der Waals surface area contributed by atoms with Crippen LogP contribution in [-0.2, 0) is 11.3 Å². The molecule has 0 N–H and O–H groups in total. The van der Waals surface area contributed by atoms with Gasteiger partial charge in [-0.15, -0.1) is 0 Å². The molecule has 0 radical (unpaired) electrons. The van der Waals surface area contributed by atoms with E-state index in [-0.39, 0.29) is 11.5 Å². The van der Waals surface area contributed by atoms with Crippen molar-refractivity contribution in [3.63, 3.8) is 0 Å². The number of hydrogen-bond acceptors (Lipinski definition) is 3. The van der Waals surface area contributed by atoms with Crippen LogP contribution in [0, 0.1) is 5.41 Å². The first-order chi connectivity index (χ1) is 11.4. The van der Waals surface area contributed by atoms with E-state index in [1.165, 1.54) is 18.4 Å². The summed E-state index contributed by atoms with van der Waals surface area (Å²) in [6, 6.07) is 10.7. The van der Waals surface area contributed by atoms with E-state index in [9.17, 15) is 4.79 Å². The van der Waals surface area contributed by atoms with Gasteiger partial charge in [-0.05, 0) is 52.1 Å². The molecule has 0 aromatic heterocycles. The molecular formula is C20H30N2O2. The Hall–Kier alpha value is -1.55. The first kappa shape index (κ1) is 17.3. The fraction of sp³-hybridized carbons (Fsp3) is 0.650. The average Bonchev–Trinajstić information content (AvgIpc) is 2.90.